The number of amides is 1. The van der Waals surface area contributed by atoms with Crippen molar-refractivity contribution < 1.29 is 13.9 Å². The average molecular weight is 326 g/mol. The van der Waals surface area contributed by atoms with Crippen molar-refractivity contribution in [3.05, 3.63) is 60.0 Å². The number of hydrogen-bond acceptors (Lipinski definition) is 2. The number of ether oxygens (including phenoxy) is 1. The van der Waals surface area contributed by atoms with Crippen LogP contribution in [0.15, 0.2) is 48.7 Å². The van der Waals surface area contributed by atoms with Crippen LogP contribution in [0.3, 0.4) is 0 Å². The zero-order valence-corrected chi connectivity index (χ0v) is 13.8. The van der Waals surface area contributed by atoms with Crippen LogP contribution in [0.25, 0.3) is 10.9 Å². The highest BCUT2D eigenvalue weighted by molar-refractivity contribution is 6.02. The number of aromatic nitrogens is 1. The van der Waals surface area contributed by atoms with Gasteiger partial charge >= 0.3 is 0 Å². The number of halogens is 1. The Morgan fingerprint density at radius 2 is 1.96 bits per heavy atom. The fraction of sp³-hybridized carbons (Fsp3) is 0.211. The fourth-order valence-electron chi connectivity index (χ4n) is 2.71. The Labute approximate surface area is 139 Å². The van der Waals surface area contributed by atoms with Crippen molar-refractivity contribution in [2.75, 3.05) is 12.4 Å². The van der Waals surface area contributed by atoms with Gasteiger partial charge in [0.1, 0.15) is 11.6 Å². The molecule has 0 saturated carbocycles. The minimum absolute atomic E-state index is 0.174. The first-order valence-electron chi connectivity index (χ1n) is 7.65. The van der Waals surface area contributed by atoms with E-state index in [2.05, 4.69) is 10.3 Å². The van der Waals surface area contributed by atoms with E-state index in [9.17, 15) is 9.18 Å². The average Bonchev–Trinajstić information content (AvgIpc) is 3.00. The van der Waals surface area contributed by atoms with Crippen LogP contribution in [0.2, 0.25) is 0 Å². The highest BCUT2D eigenvalue weighted by Gasteiger charge is 2.32. The van der Waals surface area contributed by atoms with Crippen molar-refractivity contribution in [2.45, 2.75) is 19.3 Å². The summed E-state index contributed by atoms with van der Waals surface area (Å²) in [5.41, 5.74) is 1.06. The molecule has 1 heterocycles. The number of para-hydroxylation sites is 1. The molecule has 2 N–H and O–H groups in total. The van der Waals surface area contributed by atoms with E-state index in [0.29, 0.717) is 5.75 Å². The first-order valence-corrected chi connectivity index (χ1v) is 7.65. The summed E-state index contributed by atoms with van der Waals surface area (Å²) in [7, 11) is 1.60. The fourth-order valence-corrected chi connectivity index (χ4v) is 2.71. The topological polar surface area (TPSA) is 54.1 Å². The number of hydrogen-bond donors (Lipinski definition) is 2. The summed E-state index contributed by atoms with van der Waals surface area (Å²) < 4.78 is 19.1. The number of carbonyl (C=O) groups is 1. The quantitative estimate of drug-likeness (QED) is 0.754. The van der Waals surface area contributed by atoms with Gasteiger partial charge in [-0.3, -0.25) is 4.79 Å². The number of fused-ring (bicyclic) bond motifs is 1. The number of carbonyl (C=O) groups excluding carboxylic acids is 1. The molecule has 1 aromatic heterocycles. The van der Waals surface area contributed by atoms with Gasteiger partial charge in [-0.2, -0.15) is 0 Å². The molecule has 4 nitrogen and oxygen atoms in total. The van der Waals surface area contributed by atoms with Gasteiger partial charge in [-0.05, 0) is 49.7 Å². The van der Waals surface area contributed by atoms with Crippen LogP contribution >= 0.6 is 0 Å². The molecule has 0 unspecified atom stereocenters. The predicted molar refractivity (Wildman–Crippen MR) is 92.9 cm³/mol. The van der Waals surface area contributed by atoms with Crippen molar-refractivity contribution in [1.82, 2.24) is 4.98 Å². The Kier molecular flexibility index (Phi) is 4.01. The van der Waals surface area contributed by atoms with Crippen LogP contribution in [0.5, 0.6) is 5.75 Å². The number of methoxy groups -OCH3 is 1. The second kappa shape index (κ2) is 6.00. The van der Waals surface area contributed by atoms with E-state index in [1.165, 1.54) is 6.07 Å². The van der Waals surface area contributed by atoms with Crippen molar-refractivity contribution in [2.24, 2.45) is 0 Å². The third kappa shape index (κ3) is 2.73. The Morgan fingerprint density at radius 3 is 2.67 bits per heavy atom. The molecule has 0 radical (unpaired) electrons. The van der Waals surface area contributed by atoms with Gasteiger partial charge in [0.15, 0.2) is 0 Å². The predicted octanol–water partition coefficient (Wildman–Crippen LogP) is 4.23. The molecular formula is C19H19FN2O2. The largest absolute Gasteiger partial charge is 0.497 e. The van der Waals surface area contributed by atoms with Gasteiger partial charge < -0.3 is 15.0 Å². The zero-order valence-electron chi connectivity index (χ0n) is 13.8. The maximum absolute atomic E-state index is 13.8. The molecule has 0 bridgehead atoms. The van der Waals surface area contributed by atoms with E-state index in [1.54, 1.807) is 25.3 Å². The van der Waals surface area contributed by atoms with Gasteiger partial charge in [0.2, 0.25) is 5.91 Å². The highest BCUT2D eigenvalue weighted by atomic mass is 19.1. The summed E-state index contributed by atoms with van der Waals surface area (Å²) >= 11 is 0. The maximum atomic E-state index is 13.8. The zero-order chi connectivity index (χ0) is 17.3. The van der Waals surface area contributed by atoms with Gasteiger partial charge in [0, 0.05) is 17.1 Å². The van der Waals surface area contributed by atoms with Gasteiger partial charge in [-0.1, -0.05) is 12.1 Å². The molecule has 1 amide bonds. The van der Waals surface area contributed by atoms with E-state index < -0.39 is 11.2 Å². The maximum Gasteiger partial charge on any atom is 0.234 e. The first kappa shape index (κ1) is 16.1. The summed E-state index contributed by atoms with van der Waals surface area (Å²) in [4.78, 5) is 15.9. The Morgan fingerprint density at radius 1 is 1.21 bits per heavy atom. The van der Waals surface area contributed by atoms with E-state index >= 15 is 0 Å². The summed E-state index contributed by atoms with van der Waals surface area (Å²) in [5.74, 6) is -0.0211. The smallest absolute Gasteiger partial charge is 0.234 e. The third-order valence-corrected chi connectivity index (χ3v) is 4.25. The SMILES string of the molecule is COc1ccc2[nH]cc(C(C)(C)C(=O)Nc3ccccc3F)c2c1. The van der Waals surface area contributed by atoms with Crippen LogP contribution in [0.1, 0.15) is 19.4 Å². The van der Waals surface area contributed by atoms with Crippen molar-refractivity contribution in [1.29, 1.82) is 0 Å². The molecule has 0 atom stereocenters. The molecule has 3 rings (SSSR count). The van der Waals surface area contributed by atoms with Crippen LogP contribution in [0, 0.1) is 5.82 Å². The molecule has 2 aromatic carbocycles. The molecule has 0 aliphatic carbocycles. The lowest BCUT2D eigenvalue weighted by atomic mass is 9.83. The van der Waals surface area contributed by atoms with Crippen molar-refractivity contribution in [3.8, 4) is 5.75 Å². The Balaban J connectivity index is 1.98. The summed E-state index contributed by atoms with van der Waals surface area (Å²) in [6.07, 6.45) is 1.81. The van der Waals surface area contributed by atoms with Gasteiger partial charge in [-0.15, -0.1) is 0 Å². The molecule has 0 aliphatic heterocycles. The monoisotopic (exact) mass is 326 g/mol. The van der Waals surface area contributed by atoms with E-state index in [-0.39, 0.29) is 11.6 Å². The minimum atomic E-state index is -0.854. The number of nitrogens with one attached hydrogen (secondary N) is 2. The summed E-state index contributed by atoms with van der Waals surface area (Å²) in [6.45, 7) is 3.62. The molecule has 24 heavy (non-hydrogen) atoms. The van der Waals surface area contributed by atoms with E-state index in [0.717, 1.165) is 16.5 Å². The summed E-state index contributed by atoms with van der Waals surface area (Å²) in [6, 6.07) is 11.8. The number of anilines is 1. The number of rotatable bonds is 4. The van der Waals surface area contributed by atoms with E-state index in [4.69, 9.17) is 4.74 Å². The molecule has 0 saturated heterocycles. The number of aromatic amines is 1. The second-order valence-electron chi connectivity index (χ2n) is 6.17. The molecule has 124 valence electrons. The number of benzene rings is 2. The number of H-pyrrole nitrogens is 1. The van der Waals surface area contributed by atoms with Crippen molar-refractivity contribution in [3.63, 3.8) is 0 Å². The molecule has 3 aromatic rings. The first-order chi connectivity index (χ1) is 11.4. The van der Waals surface area contributed by atoms with Gasteiger partial charge in [0.25, 0.3) is 0 Å². The highest BCUT2D eigenvalue weighted by Crippen LogP contribution is 2.33. The second-order valence-corrected chi connectivity index (χ2v) is 6.17. The lowest BCUT2D eigenvalue weighted by Crippen LogP contribution is -2.34. The molecular weight excluding hydrogens is 307 g/mol. The molecule has 0 fully saturated rings. The van der Waals surface area contributed by atoms with Crippen molar-refractivity contribution >= 4 is 22.5 Å². The molecule has 5 heteroatoms. The normalized spacial score (nSPS) is 11.5. The van der Waals surface area contributed by atoms with Gasteiger partial charge in [-0.25, -0.2) is 4.39 Å². The lowest BCUT2D eigenvalue weighted by Gasteiger charge is -2.23. The molecule has 0 spiro atoms. The third-order valence-electron chi connectivity index (χ3n) is 4.25. The standard InChI is InChI=1S/C19H19FN2O2/c1-19(2,18(23)22-17-7-5-4-6-15(17)20)14-11-21-16-9-8-12(24-3)10-13(14)16/h4-11,21H,1-3H3,(H,22,23). The van der Waals surface area contributed by atoms with Crippen LogP contribution in [0.4, 0.5) is 10.1 Å². The van der Waals surface area contributed by atoms with E-state index in [1.807, 2.05) is 38.2 Å². The Hall–Kier alpha value is -2.82. The molecule has 0 aliphatic rings. The van der Waals surface area contributed by atoms with Crippen LogP contribution < -0.4 is 10.1 Å². The van der Waals surface area contributed by atoms with Gasteiger partial charge in [0.05, 0.1) is 18.2 Å². The van der Waals surface area contributed by atoms with Crippen LogP contribution in [-0.2, 0) is 10.2 Å². The van der Waals surface area contributed by atoms with Crippen LogP contribution in [-0.4, -0.2) is 18.0 Å². The minimum Gasteiger partial charge on any atom is -0.497 e. The summed E-state index contributed by atoms with van der Waals surface area (Å²) in [5, 5.41) is 3.58. The Bertz CT molecular complexity index is 899. The lowest BCUT2D eigenvalue weighted by molar-refractivity contribution is -0.120.